The molecule has 342 valence electrons. The molecule has 0 bridgehead atoms. The average Bonchev–Trinajstić information content (AvgIpc) is 3.57. The Morgan fingerprint density at radius 1 is 0.841 bits per heavy atom. The summed E-state index contributed by atoms with van der Waals surface area (Å²) in [4.78, 5) is 52.0. The molecular formula is C48H60O14S. The second-order valence-corrected chi connectivity index (χ2v) is 19.2. The van der Waals surface area contributed by atoms with Crippen LogP contribution in [0.2, 0.25) is 0 Å². The highest BCUT2D eigenvalue weighted by atomic mass is 32.2. The van der Waals surface area contributed by atoms with E-state index in [0.29, 0.717) is 24.0 Å². The normalized spacial score (nSPS) is 24.3. The largest absolute Gasteiger partial charge is 0.465 e. The van der Waals surface area contributed by atoms with Crippen LogP contribution >= 0.6 is 0 Å². The van der Waals surface area contributed by atoms with Gasteiger partial charge in [-0.3, -0.25) is 4.79 Å². The number of ether oxygens (including phenoxy) is 8. The van der Waals surface area contributed by atoms with Crippen LogP contribution in [0.5, 0.6) is 0 Å². The number of rotatable bonds is 20. The number of hydrogen-bond donors (Lipinski definition) is 0. The van der Waals surface area contributed by atoms with Crippen LogP contribution < -0.4 is 0 Å². The van der Waals surface area contributed by atoms with Crippen LogP contribution in [0.4, 0.5) is 0 Å². The summed E-state index contributed by atoms with van der Waals surface area (Å²) in [5.74, 6) is -3.39. The zero-order valence-electron chi connectivity index (χ0n) is 36.9. The number of esters is 4. The summed E-state index contributed by atoms with van der Waals surface area (Å²) in [5, 5.41) is 0. The molecule has 0 aliphatic carbocycles. The van der Waals surface area contributed by atoms with Gasteiger partial charge in [0.1, 0.15) is 24.9 Å². The first-order valence-corrected chi connectivity index (χ1v) is 22.8. The molecule has 63 heavy (non-hydrogen) atoms. The van der Waals surface area contributed by atoms with Crippen molar-refractivity contribution in [3.05, 3.63) is 114 Å². The van der Waals surface area contributed by atoms with Gasteiger partial charge >= 0.3 is 23.9 Å². The van der Waals surface area contributed by atoms with Crippen LogP contribution in [0.1, 0.15) is 80.5 Å². The van der Waals surface area contributed by atoms with E-state index in [1.54, 1.807) is 107 Å². The minimum absolute atomic E-state index is 0.0355. The predicted octanol–water partition coefficient (Wildman–Crippen LogP) is 6.75. The Hall–Kier alpha value is -4.93. The lowest BCUT2D eigenvalue weighted by atomic mass is 9.80. The number of sulfone groups is 1. The zero-order valence-corrected chi connectivity index (χ0v) is 37.7. The topological polar surface area (TPSA) is 176 Å². The lowest BCUT2D eigenvalue weighted by Gasteiger charge is -2.44. The van der Waals surface area contributed by atoms with Crippen molar-refractivity contribution in [3.63, 3.8) is 0 Å². The van der Waals surface area contributed by atoms with Crippen molar-refractivity contribution in [1.82, 2.24) is 0 Å². The zero-order chi connectivity index (χ0) is 45.8. The van der Waals surface area contributed by atoms with E-state index in [2.05, 4.69) is 6.58 Å². The van der Waals surface area contributed by atoms with E-state index >= 15 is 0 Å². The minimum Gasteiger partial charge on any atom is -0.465 e. The third-order valence-corrected chi connectivity index (χ3v) is 13.0. The maximum absolute atomic E-state index is 14.1. The summed E-state index contributed by atoms with van der Waals surface area (Å²) in [5.41, 5.74) is -0.856. The quantitative estimate of drug-likeness (QED) is 0.0504. The van der Waals surface area contributed by atoms with E-state index in [1.165, 1.54) is 26.4 Å². The number of carbonyl (C=O) groups excluding carboxylic acids is 4. The summed E-state index contributed by atoms with van der Waals surface area (Å²) in [7, 11) is -1.08. The fraction of sp³-hybridized carbons (Fsp3) is 0.500. The monoisotopic (exact) mass is 892 g/mol. The van der Waals surface area contributed by atoms with E-state index in [4.69, 9.17) is 37.9 Å². The number of hydrogen-bond acceptors (Lipinski definition) is 14. The van der Waals surface area contributed by atoms with Gasteiger partial charge in [-0.1, -0.05) is 61.2 Å². The first kappa shape index (κ1) is 49.1. The van der Waals surface area contributed by atoms with E-state index in [9.17, 15) is 27.6 Å². The Balaban J connectivity index is 1.44. The van der Waals surface area contributed by atoms with E-state index in [1.807, 2.05) is 0 Å². The van der Waals surface area contributed by atoms with Gasteiger partial charge in [0.2, 0.25) is 0 Å². The van der Waals surface area contributed by atoms with Crippen molar-refractivity contribution < 1.29 is 65.5 Å². The molecule has 5 rings (SSSR count). The van der Waals surface area contributed by atoms with Crippen molar-refractivity contribution in [2.75, 3.05) is 39.8 Å². The molecule has 15 heteroatoms. The summed E-state index contributed by atoms with van der Waals surface area (Å²) >= 11 is 0. The summed E-state index contributed by atoms with van der Waals surface area (Å²) < 4.78 is 75.9. The second kappa shape index (κ2) is 22.1. The lowest BCUT2D eigenvalue weighted by molar-refractivity contribution is -0.173. The number of carbonyl (C=O) groups is 4. The highest BCUT2D eigenvalue weighted by Crippen LogP contribution is 2.43. The molecule has 0 spiro atoms. The fourth-order valence-corrected chi connectivity index (χ4v) is 9.57. The molecule has 0 radical (unpaired) electrons. The molecule has 2 aliphatic rings. The van der Waals surface area contributed by atoms with Crippen LogP contribution in [-0.2, 0) is 57.3 Å². The van der Waals surface area contributed by atoms with Crippen LogP contribution in [0.15, 0.2) is 108 Å². The molecular weight excluding hydrogens is 833 g/mol. The van der Waals surface area contributed by atoms with Crippen molar-refractivity contribution in [3.8, 4) is 0 Å². The predicted molar refractivity (Wildman–Crippen MR) is 231 cm³/mol. The Morgan fingerprint density at radius 2 is 1.44 bits per heavy atom. The van der Waals surface area contributed by atoms with Crippen LogP contribution in [0.3, 0.4) is 0 Å². The molecule has 14 nitrogen and oxygen atoms in total. The minimum atomic E-state index is -3.92. The van der Waals surface area contributed by atoms with Gasteiger partial charge in [-0.15, -0.1) is 0 Å². The molecule has 0 saturated carbocycles. The average molecular weight is 893 g/mol. The van der Waals surface area contributed by atoms with Gasteiger partial charge < -0.3 is 37.9 Å². The van der Waals surface area contributed by atoms with Gasteiger partial charge in [0, 0.05) is 39.4 Å². The first-order chi connectivity index (χ1) is 29.9. The van der Waals surface area contributed by atoms with Crippen molar-refractivity contribution in [2.45, 2.75) is 107 Å². The fourth-order valence-electron chi connectivity index (χ4n) is 7.89. The van der Waals surface area contributed by atoms with Crippen LogP contribution in [0.25, 0.3) is 0 Å². The first-order valence-electron chi connectivity index (χ1n) is 21.1. The molecule has 3 aromatic rings. The summed E-state index contributed by atoms with van der Waals surface area (Å²) in [6, 6.07) is 24.8. The van der Waals surface area contributed by atoms with Crippen LogP contribution in [0, 0.1) is 11.3 Å². The Labute approximate surface area is 370 Å². The van der Waals surface area contributed by atoms with Gasteiger partial charge in [0.25, 0.3) is 0 Å². The lowest BCUT2D eigenvalue weighted by Crippen LogP contribution is -2.50. The highest BCUT2D eigenvalue weighted by molar-refractivity contribution is 7.91. The Morgan fingerprint density at radius 3 is 2.03 bits per heavy atom. The highest BCUT2D eigenvalue weighted by Gasteiger charge is 2.51. The third-order valence-electron chi connectivity index (χ3n) is 11.2. The van der Waals surface area contributed by atoms with Gasteiger partial charge in [-0.25, -0.2) is 22.8 Å². The number of methoxy groups -OCH3 is 2. The molecule has 2 fully saturated rings. The molecule has 0 N–H and O–H groups in total. The van der Waals surface area contributed by atoms with Gasteiger partial charge in [0.15, 0.2) is 9.84 Å². The maximum Gasteiger partial charge on any atom is 0.338 e. The smallest absolute Gasteiger partial charge is 0.338 e. The number of benzene rings is 3. The second-order valence-electron chi connectivity index (χ2n) is 17.1. The van der Waals surface area contributed by atoms with Gasteiger partial charge in [0.05, 0.1) is 64.3 Å². The van der Waals surface area contributed by atoms with Gasteiger partial charge in [-0.2, -0.15) is 0 Å². The molecule has 8 atom stereocenters. The third kappa shape index (κ3) is 13.5. The van der Waals surface area contributed by atoms with Crippen LogP contribution in [-0.4, -0.2) is 114 Å². The maximum atomic E-state index is 14.1. The molecule has 3 aromatic carbocycles. The Kier molecular flexibility index (Phi) is 17.2. The van der Waals surface area contributed by atoms with Gasteiger partial charge in [-0.05, 0) is 82.5 Å². The van der Waals surface area contributed by atoms with Crippen molar-refractivity contribution in [2.24, 2.45) is 11.3 Å². The van der Waals surface area contributed by atoms with Crippen molar-refractivity contribution in [1.29, 1.82) is 0 Å². The molecule has 2 saturated heterocycles. The molecule has 2 heterocycles. The molecule has 0 aromatic heterocycles. The molecule has 0 amide bonds. The summed E-state index contributed by atoms with van der Waals surface area (Å²) in [6.07, 6.45) is -3.71. The molecule has 4 unspecified atom stereocenters. The van der Waals surface area contributed by atoms with E-state index in [-0.39, 0.29) is 61.3 Å². The van der Waals surface area contributed by atoms with E-state index in [0.717, 1.165) is 0 Å². The van der Waals surface area contributed by atoms with E-state index < -0.39 is 81.3 Å². The standard InChI is InChI=1S/C48H60O14S/c1-32-39(59-35(22-17-25-57-46(52)47(2,3)4)28-48(32,5)62-42(49)30-55-6)27-40-38(31-63(53,54)37-23-15-10-16-24-37)43(56-7)41(61-40)26-36(60-45(51)34-20-13-9-14-21-34)29-58-44(50)33-18-11-8-12-19-33/h8-16,18-21,23-24,35-36,38-41,43H,1,17,22,25-31H2,2-7H3/t35?,36?,38?,39?,40-,41+,43+,48+/m0/s1. The van der Waals surface area contributed by atoms with Crippen molar-refractivity contribution >= 4 is 33.7 Å². The Bertz CT molecular complexity index is 2100. The summed E-state index contributed by atoms with van der Waals surface area (Å²) in [6.45, 7) is 10.9. The molecule has 2 aliphatic heterocycles. The SMILES string of the molecule is C=C1C(C[C@@H]2O[C@H](CC(COC(=O)c3ccccc3)OC(=O)c3ccccc3)[C@H](OC)C2CS(=O)(=O)c2ccccc2)OC(CCCOC(=O)C(C)(C)C)C[C@@]1(C)OC(=O)COC.